The van der Waals surface area contributed by atoms with Crippen molar-refractivity contribution in [2.45, 2.75) is 37.6 Å². The molecule has 0 bridgehead atoms. The third-order valence-electron chi connectivity index (χ3n) is 5.16. The zero-order chi connectivity index (χ0) is 19.5. The van der Waals surface area contributed by atoms with Crippen molar-refractivity contribution in [3.8, 4) is 5.75 Å². The number of H-pyrrole nitrogens is 1. The summed E-state index contributed by atoms with van der Waals surface area (Å²) in [4.78, 5) is 27.1. The summed E-state index contributed by atoms with van der Waals surface area (Å²) in [5, 5.41) is 2.94. The fraction of sp³-hybridized carbons (Fsp3) is 0.364. The molecule has 146 valence electrons. The van der Waals surface area contributed by atoms with Gasteiger partial charge in [0.05, 0.1) is 0 Å². The number of rotatable bonds is 7. The Kier molecular flexibility index (Phi) is 5.28. The van der Waals surface area contributed by atoms with Crippen LogP contribution in [0.2, 0.25) is 0 Å². The molecule has 6 heteroatoms. The van der Waals surface area contributed by atoms with Gasteiger partial charge in [0.15, 0.2) is 0 Å². The molecule has 1 atom stereocenters. The van der Waals surface area contributed by atoms with E-state index in [2.05, 4.69) is 10.3 Å². The maximum Gasteiger partial charge on any atom is 0.251 e. The molecule has 2 fully saturated rings. The number of aromatic nitrogens is 1. The number of benzene rings is 1. The molecule has 28 heavy (non-hydrogen) atoms. The number of carbonyl (C=O) groups excluding carboxylic acids is 1. The van der Waals surface area contributed by atoms with Gasteiger partial charge in [-0.3, -0.25) is 9.59 Å². The van der Waals surface area contributed by atoms with Crippen LogP contribution in [0.15, 0.2) is 47.3 Å². The molecule has 5 nitrogen and oxygen atoms in total. The second-order valence-corrected chi connectivity index (χ2v) is 7.29. The molecular formula is C22H23FN2O3. The van der Waals surface area contributed by atoms with Crippen molar-refractivity contribution in [2.75, 3.05) is 13.3 Å². The van der Waals surface area contributed by atoms with Crippen LogP contribution in [-0.2, 0) is 4.79 Å². The average molecular weight is 382 g/mol. The second-order valence-electron chi connectivity index (χ2n) is 7.29. The van der Waals surface area contributed by atoms with Crippen LogP contribution in [0.5, 0.6) is 5.75 Å². The van der Waals surface area contributed by atoms with Crippen molar-refractivity contribution in [1.29, 1.82) is 0 Å². The number of halogens is 1. The van der Waals surface area contributed by atoms with Gasteiger partial charge in [-0.1, -0.05) is 24.3 Å². The molecule has 1 saturated heterocycles. The van der Waals surface area contributed by atoms with Gasteiger partial charge >= 0.3 is 0 Å². The third kappa shape index (κ3) is 4.16. The zero-order valence-electron chi connectivity index (χ0n) is 15.5. The number of hydrogen-bond acceptors (Lipinski definition) is 3. The van der Waals surface area contributed by atoms with Gasteiger partial charge in [-0.2, -0.15) is 0 Å². The molecule has 1 aromatic heterocycles. The molecule has 1 amide bonds. The zero-order valence-corrected chi connectivity index (χ0v) is 15.5. The largest absolute Gasteiger partial charge is 0.491 e. The maximum absolute atomic E-state index is 12.5. The van der Waals surface area contributed by atoms with Gasteiger partial charge in [-0.15, -0.1) is 0 Å². The number of nitrogens with one attached hydrogen (secondary N) is 2. The molecule has 1 aliphatic heterocycles. The van der Waals surface area contributed by atoms with Crippen LogP contribution in [-0.4, -0.2) is 30.2 Å². The lowest BCUT2D eigenvalue weighted by Crippen LogP contribution is -2.23. The average Bonchev–Trinajstić information content (AvgIpc) is 3.46. The lowest BCUT2D eigenvalue weighted by Gasteiger charge is -2.13. The van der Waals surface area contributed by atoms with E-state index in [1.165, 1.54) is 0 Å². The summed E-state index contributed by atoms with van der Waals surface area (Å²) >= 11 is 0. The topological polar surface area (TPSA) is 71.2 Å². The molecule has 1 aliphatic carbocycles. The molecule has 1 saturated carbocycles. The molecule has 0 unspecified atom stereocenters. The Bertz CT molecular complexity index is 945. The van der Waals surface area contributed by atoms with E-state index < -0.39 is 6.67 Å². The standard InChI is InChI=1S/C22H23FN2O3/c23-11-12-28-17-6-3-15(4-7-17)19(13-16-5-10-21(26)24-16)20-9-8-18(14-1-2-14)22(27)25-20/h3-4,6-9,13-14,16H,1-2,5,10-12H2,(H,24,26)(H,25,27)/t16-/m1/s1. The first-order chi connectivity index (χ1) is 13.6. The van der Waals surface area contributed by atoms with Crippen LogP contribution >= 0.6 is 0 Å². The Balaban J connectivity index is 1.68. The van der Waals surface area contributed by atoms with Crippen LogP contribution in [0.25, 0.3) is 5.57 Å². The highest BCUT2D eigenvalue weighted by Gasteiger charge is 2.26. The first-order valence-corrected chi connectivity index (χ1v) is 9.68. The van der Waals surface area contributed by atoms with Crippen LogP contribution < -0.4 is 15.6 Å². The molecule has 0 spiro atoms. The predicted molar refractivity (Wildman–Crippen MR) is 105 cm³/mol. The number of aromatic amines is 1. The van der Waals surface area contributed by atoms with Crippen molar-refractivity contribution < 1.29 is 13.9 Å². The van der Waals surface area contributed by atoms with Crippen molar-refractivity contribution in [2.24, 2.45) is 0 Å². The summed E-state index contributed by atoms with van der Waals surface area (Å²) in [5.74, 6) is 1.01. The first-order valence-electron chi connectivity index (χ1n) is 9.68. The minimum absolute atomic E-state index is 0.0199. The first kappa shape index (κ1) is 18.5. The molecule has 1 aromatic carbocycles. The fourth-order valence-corrected chi connectivity index (χ4v) is 3.55. The number of hydrogen-bond donors (Lipinski definition) is 2. The Morgan fingerprint density at radius 1 is 1.11 bits per heavy atom. The molecule has 2 aliphatic rings. The summed E-state index contributed by atoms with van der Waals surface area (Å²) in [6.45, 7) is -0.519. The predicted octanol–water partition coefficient (Wildman–Crippen LogP) is 3.31. The highest BCUT2D eigenvalue weighted by Crippen LogP contribution is 2.38. The van der Waals surface area contributed by atoms with Crippen molar-refractivity contribution in [3.63, 3.8) is 0 Å². The molecule has 4 rings (SSSR count). The molecule has 2 N–H and O–H groups in total. The van der Waals surface area contributed by atoms with E-state index >= 15 is 0 Å². The van der Waals surface area contributed by atoms with Crippen LogP contribution in [0.1, 0.15) is 48.4 Å². The van der Waals surface area contributed by atoms with E-state index in [9.17, 15) is 14.0 Å². The highest BCUT2D eigenvalue weighted by molar-refractivity contribution is 5.82. The third-order valence-corrected chi connectivity index (χ3v) is 5.16. The SMILES string of the molecule is O=C1CC[C@H](C=C(c2ccc(OCCF)cc2)c2ccc(C3CC3)c(=O)[nH]2)N1. The Labute approximate surface area is 162 Å². The summed E-state index contributed by atoms with van der Waals surface area (Å²) < 4.78 is 17.6. The Morgan fingerprint density at radius 3 is 2.50 bits per heavy atom. The number of amides is 1. The number of carbonyl (C=O) groups is 1. The van der Waals surface area contributed by atoms with Gasteiger partial charge in [0, 0.05) is 29.3 Å². The number of ether oxygens (including phenoxy) is 1. The molecule has 2 heterocycles. The van der Waals surface area contributed by atoms with Crippen molar-refractivity contribution in [1.82, 2.24) is 10.3 Å². The quantitative estimate of drug-likeness (QED) is 0.772. The monoisotopic (exact) mass is 382 g/mol. The van der Waals surface area contributed by atoms with E-state index in [-0.39, 0.29) is 24.1 Å². The smallest absolute Gasteiger partial charge is 0.251 e. The lowest BCUT2D eigenvalue weighted by molar-refractivity contribution is -0.119. The van der Waals surface area contributed by atoms with Gasteiger partial charge in [0.1, 0.15) is 19.0 Å². The second kappa shape index (κ2) is 8.00. The molecular weight excluding hydrogens is 359 g/mol. The van der Waals surface area contributed by atoms with E-state index in [0.717, 1.165) is 36.0 Å². The Hall–Kier alpha value is -2.89. The summed E-state index contributed by atoms with van der Waals surface area (Å²) in [6, 6.07) is 11.1. The minimum Gasteiger partial charge on any atom is -0.491 e. The van der Waals surface area contributed by atoms with E-state index in [1.807, 2.05) is 30.3 Å². The van der Waals surface area contributed by atoms with Crippen LogP contribution in [0.3, 0.4) is 0 Å². The molecule has 0 radical (unpaired) electrons. The minimum atomic E-state index is -0.539. The lowest BCUT2D eigenvalue weighted by atomic mass is 9.98. The fourth-order valence-electron chi connectivity index (χ4n) is 3.55. The molecule has 2 aromatic rings. The van der Waals surface area contributed by atoms with Crippen LogP contribution in [0, 0.1) is 0 Å². The number of alkyl halides is 1. The number of pyridine rings is 1. The summed E-state index contributed by atoms with van der Waals surface area (Å²) in [6.07, 6.45) is 5.36. The highest BCUT2D eigenvalue weighted by atomic mass is 19.1. The van der Waals surface area contributed by atoms with Gasteiger partial charge in [-0.25, -0.2) is 4.39 Å². The summed E-state index contributed by atoms with van der Waals surface area (Å²) in [5.41, 5.74) is 3.25. The maximum atomic E-state index is 12.5. The van der Waals surface area contributed by atoms with Crippen molar-refractivity contribution in [3.05, 3.63) is 69.6 Å². The normalized spacial score (nSPS) is 19.5. The Morgan fingerprint density at radius 2 is 1.89 bits per heavy atom. The van der Waals surface area contributed by atoms with E-state index in [0.29, 0.717) is 23.8 Å². The van der Waals surface area contributed by atoms with Gasteiger partial charge in [0.25, 0.3) is 5.56 Å². The van der Waals surface area contributed by atoms with Gasteiger partial charge < -0.3 is 15.0 Å². The van der Waals surface area contributed by atoms with Crippen LogP contribution in [0.4, 0.5) is 4.39 Å². The van der Waals surface area contributed by atoms with Gasteiger partial charge in [-0.05, 0) is 48.9 Å². The van der Waals surface area contributed by atoms with E-state index in [1.54, 1.807) is 12.1 Å². The summed E-state index contributed by atoms with van der Waals surface area (Å²) in [7, 11) is 0. The van der Waals surface area contributed by atoms with E-state index in [4.69, 9.17) is 4.74 Å². The van der Waals surface area contributed by atoms with Crippen molar-refractivity contribution >= 4 is 11.5 Å². The van der Waals surface area contributed by atoms with Gasteiger partial charge in [0.2, 0.25) is 5.91 Å².